The molecule has 0 unspecified atom stereocenters. The molecule has 6 heteroatoms. The molecule has 0 radical (unpaired) electrons. The third kappa shape index (κ3) is 5.17. The number of thiocarbonyl (C=S) groups is 1. The number of anilines is 1. The minimum Gasteiger partial charge on any atom is -0.465 e. The van der Waals surface area contributed by atoms with Crippen LogP contribution in [0.1, 0.15) is 61.3 Å². The molecule has 0 saturated carbocycles. The predicted octanol–water partition coefficient (Wildman–Crippen LogP) is 4.72. The first-order valence-corrected chi connectivity index (χ1v) is 10.3. The summed E-state index contributed by atoms with van der Waals surface area (Å²) in [6.45, 7) is 10.6. The molecule has 0 spiro atoms. The van der Waals surface area contributed by atoms with Crippen LogP contribution in [0.15, 0.2) is 0 Å². The molecule has 0 fully saturated rings. The van der Waals surface area contributed by atoms with E-state index in [1.54, 1.807) is 11.3 Å². The first-order chi connectivity index (χ1) is 11.8. The van der Waals surface area contributed by atoms with E-state index in [0.717, 1.165) is 42.9 Å². The zero-order chi connectivity index (χ0) is 18.6. The van der Waals surface area contributed by atoms with E-state index in [1.807, 2.05) is 0 Å². The lowest BCUT2D eigenvalue weighted by atomic mass is 9.95. The van der Waals surface area contributed by atoms with Gasteiger partial charge in [-0.15, -0.1) is 11.3 Å². The summed E-state index contributed by atoms with van der Waals surface area (Å²) in [5.74, 6) is 0.786. The number of nitrogens with one attached hydrogen (secondary N) is 1. The Hall–Kier alpha value is -1.14. The Morgan fingerprint density at radius 2 is 1.80 bits per heavy atom. The van der Waals surface area contributed by atoms with Gasteiger partial charge in [0, 0.05) is 18.0 Å². The summed E-state index contributed by atoms with van der Waals surface area (Å²) in [6, 6.07) is 0. The van der Waals surface area contributed by atoms with Crippen molar-refractivity contribution in [1.29, 1.82) is 0 Å². The van der Waals surface area contributed by atoms with Gasteiger partial charge in [-0.2, -0.15) is 0 Å². The van der Waals surface area contributed by atoms with Crippen LogP contribution in [0.2, 0.25) is 0 Å². The summed E-state index contributed by atoms with van der Waals surface area (Å²) in [5.41, 5.74) is 1.85. The highest BCUT2D eigenvalue weighted by atomic mass is 32.1. The number of aryl methyl sites for hydroxylation is 1. The molecule has 1 heterocycles. The van der Waals surface area contributed by atoms with Gasteiger partial charge in [-0.1, -0.05) is 27.7 Å². The van der Waals surface area contributed by atoms with Gasteiger partial charge in [0.15, 0.2) is 5.11 Å². The third-order valence-electron chi connectivity index (χ3n) is 4.24. The standard InChI is InChI=1S/C19H30N2O2S2/c1-12(2)10-21(11-13(3)4)19(24)20-17-16(18(22)23-5)14-8-6-7-9-15(14)25-17/h12-13H,6-11H2,1-5H3,(H,20,24). The van der Waals surface area contributed by atoms with Crippen LogP contribution in [0.5, 0.6) is 0 Å². The maximum atomic E-state index is 12.4. The van der Waals surface area contributed by atoms with Gasteiger partial charge in [-0.05, 0) is 55.3 Å². The lowest BCUT2D eigenvalue weighted by Crippen LogP contribution is -2.39. The number of methoxy groups -OCH3 is 1. The zero-order valence-corrected chi connectivity index (χ0v) is 17.6. The molecule has 0 bridgehead atoms. The molecular weight excluding hydrogens is 352 g/mol. The van der Waals surface area contributed by atoms with Crippen molar-refractivity contribution in [3.63, 3.8) is 0 Å². The Bertz CT molecular complexity index is 613. The summed E-state index contributed by atoms with van der Waals surface area (Å²) in [7, 11) is 1.45. The van der Waals surface area contributed by atoms with E-state index >= 15 is 0 Å². The molecule has 25 heavy (non-hydrogen) atoms. The summed E-state index contributed by atoms with van der Waals surface area (Å²) in [6.07, 6.45) is 4.31. The Balaban J connectivity index is 2.26. The van der Waals surface area contributed by atoms with Crippen molar-refractivity contribution in [2.75, 3.05) is 25.5 Å². The van der Waals surface area contributed by atoms with E-state index in [1.165, 1.54) is 18.4 Å². The van der Waals surface area contributed by atoms with Crippen LogP contribution in [-0.4, -0.2) is 36.2 Å². The second-order valence-electron chi connectivity index (χ2n) is 7.53. The number of hydrogen-bond donors (Lipinski definition) is 1. The van der Waals surface area contributed by atoms with E-state index in [9.17, 15) is 4.79 Å². The van der Waals surface area contributed by atoms with Gasteiger partial charge in [0.2, 0.25) is 0 Å². The van der Waals surface area contributed by atoms with Gasteiger partial charge in [0.1, 0.15) is 5.00 Å². The summed E-state index contributed by atoms with van der Waals surface area (Å²) >= 11 is 7.35. The fourth-order valence-corrected chi connectivity index (χ4v) is 4.86. The fraction of sp³-hybridized carbons (Fsp3) is 0.684. The van der Waals surface area contributed by atoms with Crippen molar-refractivity contribution in [1.82, 2.24) is 4.90 Å². The van der Waals surface area contributed by atoms with Gasteiger partial charge >= 0.3 is 5.97 Å². The average molecular weight is 383 g/mol. The summed E-state index contributed by atoms with van der Waals surface area (Å²) in [4.78, 5) is 15.9. The summed E-state index contributed by atoms with van der Waals surface area (Å²) < 4.78 is 5.04. The molecule has 0 saturated heterocycles. The predicted molar refractivity (Wildman–Crippen MR) is 110 cm³/mol. The molecule has 1 N–H and O–H groups in total. The quantitative estimate of drug-likeness (QED) is 0.569. The van der Waals surface area contributed by atoms with Crippen LogP contribution in [0.3, 0.4) is 0 Å². The van der Waals surface area contributed by atoms with E-state index in [2.05, 4.69) is 37.9 Å². The van der Waals surface area contributed by atoms with Gasteiger partial charge in [-0.3, -0.25) is 0 Å². The fourth-order valence-electron chi connectivity index (χ4n) is 3.27. The van der Waals surface area contributed by atoms with Crippen LogP contribution in [-0.2, 0) is 17.6 Å². The number of esters is 1. The Labute approximate surface area is 160 Å². The summed E-state index contributed by atoms with van der Waals surface area (Å²) in [5, 5.41) is 4.92. The van der Waals surface area contributed by atoms with Crippen LogP contribution in [0, 0.1) is 11.8 Å². The van der Waals surface area contributed by atoms with Crippen LogP contribution in [0.25, 0.3) is 0 Å². The first kappa shape index (κ1) is 20.2. The average Bonchev–Trinajstić information content (AvgIpc) is 2.90. The van der Waals surface area contributed by atoms with Crippen LogP contribution < -0.4 is 5.32 Å². The smallest absolute Gasteiger partial charge is 0.341 e. The van der Waals surface area contributed by atoms with Crippen molar-refractivity contribution in [2.45, 2.75) is 53.4 Å². The minimum atomic E-state index is -0.260. The van der Waals surface area contributed by atoms with E-state index in [0.29, 0.717) is 22.5 Å². The second-order valence-corrected chi connectivity index (χ2v) is 9.02. The zero-order valence-electron chi connectivity index (χ0n) is 16.0. The number of ether oxygens (including phenoxy) is 1. The van der Waals surface area contributed by atoms with Gasteiger partial charge in [0.25, 0.3) is 0 Å². The first-order valence-electron chi connectivity index (χ1n) is 9.12. The van der Waals surface area contributed by atoms with Gasteiger partial charge in [-0.25, -0.2) is 4.79 Å². The molecule has 2 rings (SSSR count). The molecule has 1 aromatic rings. The lowest BCUT2D eigenvalue weighted by Gasteiger charge is -2.29. The molecule has 140 valence electrons. The third-order valence-corrected chi connectivity index (χ3v) is 5.81. The Morgan fingerprint density at radius 1 is 1.20 bits per heavy atom. The molecule has 1 aliphatic rings. The van der Waals surface area contributed by atoms with Crippen molar-refractivity contribution in [3.8, 4) is 0 Å². The lowest BCUT2D eigenvalue weighted by molar-refractivity contribution is 0.0601. The number of carbonyl (C=O) groups excluding carboxylic acids is 1. The molecular formula is C19H30N2O2S2. The highest BCUT2D eigenvalue weighted by Crippen LogP contribution is 2.38. The Kier molecular flexibility index (Phi) is 7.25. The van der Waals surface area contributed by atoms with Crippen molar-refractivity contribution < 1.29 is 9.53 Å². The van der Waals surface area contributed by atoms with E-state index in [4.69, 9.17) is 17.0 Å². The molecule has 0 amide bonds. The van der Waals surface area contributed by atoms with Crippen LogP contribution in [0.4, 0.5) is 5.00 Å². The van der Waals surface area contributed by atoms with Crippen LogP contribution >= 0.6 is 23.6 Å². The normalized spacial score (nSPS) is 13.7. The number of fused-ring (bicyclic) bond motifs is 1. The second kappa shape index (κ2) is 8.99. The number of carbonyl (C=O) groups is 1. The molecule has 0 aliphatic heterocycles. The van der Waals surface area contributed by atoms with Gasteiger partial charge in [0.05, 0.1) is 12.7 Å². The van der Waals surface area contributed by atoms with E-state index in [-0.39, 0.29) is 5.97 Å². The molecule has 4 nitrogen and oxygen atoms in total. The number of nitrogens with zero attached hydrogens (tertiary/aromatic N) is 1. The van der Waals surface area contributed by atoms with Crippen molar-refractivity contribution >= 4 is 39.6 Å². The topological polar surface area (TPSA) is 41.6 Å². The minimum absolute atomic E-state index is 0.260. The molecule has 1 aromatic heterocycles. The van der Waals surface area contributed by atoms with Crippen molar-refractivity contribution in [3.05, 3.63) is 16.0 Å². The van der Waals surface area contributed by atoms with Crippen molar-refractivity contribution in [2.24, 2.45) is 11.8 Å². The monoisotopic (exact) mass is 382 g/mol. The maximum Gasteiger partial charge on any atom is 0.341 e. The highest BCUT2D eigenvalue weighted by Gasteiger charge is 2.27. The number of hydrogen-bond acceptors (Lipinski definition) is 4. The Morgan fingerprint density at radius 3 is 2.36 bits per heavy atom. The highest BCUT2D eigenvalue weighted by molar-refractivity contribution is 7.80. The van der Waals surface area contributed by atoms with Gasteiger partial charge < -0.3 is 15.0 Å². The SMILES string of the molecule is COC(=O)c1c(NC(=S)N(CC(C)C)CC(C)C)sc2c1CCCC2. The number of rotatable bonds is 6. The maximum absolute atomic E-state index is 12.4. The number of thiophene rings is 1. The largest absolute Gasteiger partial charge is 0.465 e. The molecule has 1 aliphatic carbocycles. The molecule has 0 atom stereocenters. The van der Waals surface area contributed by atoms with E-state index < -0.39 is 0 Å². The molecule has 0 aromatic carbocycles.